The Hall–Kier alpha value is -2.22. The van der Waals surface area contributed by atoms with Crippen LogP contribution >= 0.6 is 0 Å². The maximum atomic E-state index is 12.9. The molecule has 0 N–H and O–H groups in total. The first-order valence-corrected chi connectivity index (χ1v) is 9.79. The van der Waals surface area contributed by atoms with E-state index in [2.05, 4.69) is 51.0 Å². The van der Waals surface area contributed by atoms with Crippen molar-refractivity contribution < 1.29 is 4.79 Å². The molecule has 146 valence electrons. The molecule has 2 aromatic rings. The van der Waals surface area contributed by atoms with Crippen molar-refractivity contribution in [3.8, 4) is 0 Å². The van der Waals surface area contributed by atoms with Crippen LogP contribution in [0.4, 0.5) is 5.82 Å². The molecular formula is C19H29N7O. The quantitative estimate of drug-likeness (QED) is 0.785. The molecule has 0 unspecified atom stereocenters. The van der Waals surface area contributed by atoms with Crippen molar-refractivity contribution in [2.45, 2.75) is 26.2 Å². The molecule has 8 nitrogen and oxygen atoms in total. The first-order chi connectivity index (χ1) is 12.9. The van der Waals surface area contributed by atoms with Crippen LogP contribution in [-0.2, 0) is 4.79 Å². The third kappa shape index (κ3) is 3.76. The molecule has 0 radical (unpaired) electrons. The number of fused-ring (bicyclic) bond motifs is 1. The Morgan fingerprint density at radius 2 is 2.00 bits per heavy atom. The summed E-state index contributed by atoms with van der Waals surface area (Å²) in [6.45, 7) is 6.93. The molecule has 4 rings (SSSR count). The predicted octanol–water partition coefficient (Wildman–Crippen LogP) is 1.14. The highest BCUT2D eigenvalue weighted by atomic mass is 16.2. The minimum absolute atomic E-state index is 0.151. The zero-order valence-corrected chi connectivity index (χ0v) is 16.5. The van der Waals surface area contributed by atoms with Crippen molar-refractivity contribution in [1.82, 2.24) is 29.6 Å². The molecule has 2 fully saturated rings. The van der Waals surface area contributed by atoms with Crippen molar-refractivity contribution in [1.29, 1.82) is 0 Å². The van der Waals surface area contributed by atoms with Crippen LogP contribution in [0.15, 0.2) is 18.5 Å². The zero-order valence-electron chi connectivity index (χ0n) is 16.5. The molecule has 1 amide bonds. The van der Waals surface area contributed by atoms with E-state index in [-0.39, 0.29) is 5.92 Å². The van der Waals surface area contributed by atoms with Gasteiger partial charge in [-0.3, -0.25) is 4.79 Å². The lowest BCUT2D eigenvalue weighted by atomic mass is 9.77. The topological polar surface area (TPSA) is 69.9 Å². The van der Waals surface area contributed by atoms with Crippen LogP contribution < -0.4 is 4.90 Å². The van der Waals surface area contributed by atoms with E-state index in [4.69, 9.17) is 0 Å². The average molecular weight is 371 g/mol. The van der Waals surface area contributed by atoms with E-state index < -0.39 is 0 Å². The number of likely N-dealkylation sites (tertiary alicyclic amines) is 1. The number of rotatable bonds is 5. The number of nitrogens with zero attached hydrogens (tertiary/aromatic N) is 7. The lowest BCUT2D eigenvalue weighted by Gasteiger charge is -2.50. The van der Waals surface area contributed by atoms with Gasteiger partial charge in [0.05, 0.1) is 0 Å². The highest BCUT2D eigenvalue weighted by molar-refractivity contribution is 5.80. The van der Waals surface area contributed by atoms with Crippen LogP contribution in [0.3, 0.4) is 0 Å². The van der Waals surface area contributed by atoms with Gasteiger partial charge in [-0.15, -0.1) is 15.3 Å². The Kier molecular flexibility index (Phi) is 4.75. The molecule has 0 aliphatic carbocycles. The largest absolute Gasteiger partial charge is 0.355 e. The van der Waals surface area contributed by atoms with E-state index in [0.717, 1.165) is 63.5 Å². The number of amides is 1. The summed E-state index contributed by atoms with van der Waals surface area (Å²) >= 11 is 0. The number of hydrogen-bond acceptors (Lipinski definition) is 6. The van der Waals surface area contributed by atoms with Gasteiger partial charge >= 0.3 is 0 Å². The molecule has 0 atom stereocenters. The molecule has 0 aromatic carbocycles. The second-order valence-corrected chi connectivity index (χ2v) is 8.64. The van der Waals surface area contributed by atoms with Gasteiger partial charge in [-0.2, -0.15) is 4.52 Å². The van der Waals surface area contributed by atoms with Crippen molar-refractivity contribution in [2.24, 2.45) is 11.3 Å². The van der Waals surface area contributed by atoms with E-state index in [0.29, 0.717) is 11.3 Å². The van der Waals surface area contributed by atoms with Crippen molar-refractivity contribution in [3.05, 3.63) is 18.5 Å². The van der Waals surface area contributed by atoms with Gasteiger partial charge < -0.3 is 14.7 Å². The fourth-order valence-electron chi connectivity index (χ4n) is 4.18. The Balaban J connectivity index is 1.28. The number of anilines is 1. The molecule has 2 aliphatic rings. The Morgan fingerprint density at radius 3 is 2.70 bits per heavy atom. The van der Waals surface area contributed by atoms with E-state index in [9.17, 15) is 4.79 Å². The fraction of sp³-hybridized carbons (Fsp3) is 0.684. The first-order valence-electron chi connectivity index (χ1n) is 9.79. The first kappa shape index (κ1) is 18.2. The summed E-state index contributed by atoms with van der Waals surface area (Å²) in [5.41, 5.74) is 1.04. The zero-order chi connectivity index (χ0) is 19.0. The Morgan fingerprint density at radius 1 is 1.26 bits per heavy atom. The van der Waals surface area contributed by atoms with Gasteiger partial charge in [0, 0.05) is 37.5 Å². The molecule has 2 aromatic heterocycles. The van der Waals surface area contributed by atoms with Gasteiger partial charge in [-0.1, -0.05) is 6.92 Å². The van der Waals surface area contributed by atoms with Crippen molar-refractivity contribution >= 4 is 17.4 Å². The summed E-state index contributed by atoms with van der Waals surface area (Å²) in [5, 5.41) is 12.4. The molecular weight excluding hydrogens is 342 g/mol. The molecule has 2 saturated heterocycles. The predicted molar refractivity (Wildman–Crippen MR) is 104 cm³/mol. The number of hydrogen-bond donors (Lipinski definition) is 0. The van der Waals surface area contributed by atoms with E-state index >= 15 is 0 Å². The van der Waals surface area contributed by atoms with Crippen LogP contribution in [0.2, 0.25) is 0 Å². The molecule has 0 bridgehead atoms. The van der Waals surface area contributed by atoms with Gasteiger partial charge in [0.2, 0.25) is 5.91 Å². The van der Waals surface area contributed by atoms with Gasteiger partial charge in [0.25, 0.3) is 0 Å². The summed E-state index contributed by atoms with van der Waals surface area (Å²) in [5.74, 6) is 1.42. The van der Waals surface area contributed by atoms with Gasteiger partial charge in [0.15, 0.2) is 5.65 Å². The molecule has 2 aliphatic heterocycles. The summed E-state index contributed by atoms with van der Waals surface area (Å²) in [7, 11) is 4.21. The standard InChI is InChI=1S/C19H29N7O/c1-19(8-11-23(2)3)12-25(13-19)18(27)15-6-9-24(10-7-15)17-5-4-16-21-20-14-26(16)22-17/h4-5,14-15H,6-13H2,1-3H3. The molecule has 0 spiro atoms. The van der Waals surface area contributed by atoms with E-state index in [1.54, 1.807) is 10.8 Å². The van der Waals surface area contributed by atoms with Crippen LogP contribution in [0.5, 0.6) is 0 Å². The maximum Gasteiger partial charge on any atom is 0.225 e. The second-order valence-electron chi connectivity index (χ2n) is 8.64. The Labute approximate surface area is 160 Å². The number of carbonyl (C=O) groups excluding carboxylic acids is 1. The normalized spacial score (nSPS) is 20.3. The van der Waals surface area contributed by atoms with Gasteiger partial charge in [-0.05, 0) is 52.0 Å². The fourth-order valence-corrected chi connectivity index (χ4v) is 4.18. The second kappa shape index (κ2) is 7.07. The van der Waals surface area contributed by atoms with E-state index in [1.165, 1.54) is 0 Å². The summed E-state index contributed by atoms with van der Waals surface area (Å²) in [4.78, 5) is 19.4. The third-order valence-corrected chi connectivity index (χ3v) is 5.94. The molecule has 0 saturated carbocycles. The lowest BCUT2D eigenvalue weighted by Crippen LogP contribution is -2.59. The maximum absolute atomic E-state index is 12.9. The Bertz CT molecular complexity index is 803. The van der Waals surface area contributed by atoms with Crippen molar-refractivity contribution in [3.63, 3.8) is 0 Å². The summed E-state index contributed by atoms with van der Waals surface area (Å²) in [6.07, 6.45) is 4.56. The average Bonchev–Trinajstić information content (AvgIpc) is 3.11. The van der Waals surface area contributed by atoms with Crippen LogP contribution in [-0.4, -0.2) is 82.3 Å². The molecule has 8 heteroatoms. The lowest BCUT2D eigenvalue weighted by molar-refractivity contribution is -0.148. The smallest absolute Gasteiger partial charge is 0.225 e. The number of aromatic nitrogens is 4. The van der Waals surface area contributed by atoms with Crippen molar-refractivity contribution in [2.75, 3.05) is 51.7 Å². The highest BCUT2D eigenvalue weighted by Crippen LogP contribution is 2.35. The third-order valence-electron chi connectivity index (χ3n) is 5.94. The van der Waals surface area contributed by atoms with Crippen LogP contribution in [0, 0.1) is 11.3 Å². The number of carbonyl (C=O) groups is 1. The van der Waals surface area contributed by atoms with Gasteiger partial charge in [0.1, 0.15) is 12.1 Å². The summed E-state index contributed by atoms with van der Waals surface area (Å²) < 4.78 is 1.70. The van der Waals surface area contributed by atoms with E-state index in [1.807, 2.05) is 12.1 Å². The number of piperidine rings is 1. The SMILES string of the molecule is CN(C)CCC1(C)CN(C(=O)C2CCN(c3ccc4nncn4n3)CC2)C1. The minimum atomic E-state index is 0.151. The minimum Gasteiger partial charge on any atom is -0.355 e. The van der Waals surface area contributed by atoms with Crippen LogP contribution in [0.1, 0.15) is 26.2 Å². The van der Waals surface area contributed by atoms with Crippen LogP contribution in [0.25, 0.3) is 5.65 Å². The molecule has 4 heterocycles. The summed E-state index contributed by atoms with van der Waals surface area (Å²) in [6, 6.07) is 3.92. The monoisotopic (exact) mass is 371 g/mol. The highest BCUT2D eigenvalue weighted by Gasteiger charge is 2.43. The van der Waals surface area contributed by atoms with Gasteiger partial charge in [-0.25, -0.2) is 0 Å². The molecule has 27 heavy (non-hydrogen) atoms.